The predicted molar refractivity (Wildman–Crippen MR) is 79.6 cm³/mol. The fourth-order valence-corrected chi connectivity index (χ4v) is 2.72. The van der Waals surface area contributed by atoms with Gasteiger partial charge in [0.05, 0.1) is 17.8 Å². The summed E-state index contributed by atoms with van der Waals surface area (Å²) in [4.78, 5) is 0. The molecule has 1 aliphatic carbocycles. The van der Waals surface area contributed by atoms with Gasteiger partial charge in [0.1, 0.15) is 18.8 Å². The summed E-state index contributed by atoms with van der Waals surface area (Å²) in [5.41, 5.74) is 2.09. The van der Waals surface area contributed by atoms with Crippen molar-refractivity contribution in [2.75, 3.05) is 19.0 Å². The zero-order valence-electron chi connectivity index (χ0n) is 12.3. The maximum absolute atomic E-state index is 5.65. The van der Waals surface area contributed by atoms with Crippen molar-refractivity contribution < 1.29 is 9.47 Å². The third kappa shape index (κ3) is 2.91. The number of rotatable bonds is 6. The Labute approximate surface area is 124 Å². The zero-order chi connectivity index (χ0) is 14.7. The number of nitrogens with one attached hydrogen (secondary N) is 1. The topological polar surface area (TPSA) is 61.2 Å². The third-order valence-electron chi connectivity index (χ3n) is 3.82. The first-order chi connectivity index (χ1) is 10.3. The lowest BCUT2D eigenvalue weighted by Crippen LogP contribution is -2.56. The van der Waals surface area contributed by atoms with E-state index >= 15 is 0 Å². The van der Waals surface area contributed by atoms with Gasteiger partial charge in [0, 0.05) is 19.4 Å². The van der Waals surface area contributed by atoms with Crippen molar-refractivity contribution in [2.45, 2.75) is 31.6 Å². The van der Waals surface area contributed by atoms with Gasteiger partial charge in [-0.15, -0.1) is 10.2 Å². The molecule has 0 saturated heterocycles. The Balaban J connectivity index is 1.67. The molecule has 3 rings (SSSR count). The highest BCUT2D eigenvalue weighted by molar-refractivity contribution is 5.52. The van der Waals surface area contributed by atoms with E-state index in [1.807, 2.05) is 23.6 Å². The fraction of sp³-hybridized carbons (Fsp3) is 0.467. The molecule has 1 saturated carbocycles. The molecule has 1 aliphatic rings. The second-order valence-corrected chi connectivity index (χ2v) is 5.10. The Hall–Kier alpha value is -1.92. The quantitative estimate of drug-likeness (QED) is 0.879. The third-order valence-corrected chi connectivity index (χ3v) is 3.82. The van der Waals surface area contributed by atoms with E-state index in [2.05, 4.69) is 27.6 Å². The van der Waals surface area contributed by atoms with Gasteiger partial charge in [-0.25, -0.2) is 0 Å². The second-order valence-electron chi connectivity index (χ2n) is 5.10. The molecule has 3 unspecified atom stereocenters. The van der Waals surface area contributed by atoms with E-state index in [0.717, 1.165) is 24.4 Å². The second kappa shape index (κ2) is 6.24. The summed E-state index contributed by atoms with van der Waals surface area (Å²) < 4.78 is 13.0. The Morgan fingerprint density at radius 1 is 1.33 bits per heavy atom. The molecular weight excluding hydrogens is 268 g/mol. The molecule has 1 fully saturated rings. The summed E-state index contributed by atoms with van der Waals surface area (Å²) in [5, 5.41) is 11.2. The lowest BCUT2D eigenvalue weighted by atomic mass is 9.85. The molecule has 0 bridgehead atoms. The predicted octanol–water partition coefficient (Wildman–Crippen LogP) is 1.87. The van der Waals surface area contributed by atoms with Crippen molar-refractivity contribution >= 4 is 5.69 Å². The molecule has 3 atom stereocenters. The Kier molecular flexibility index (Phi) is 4.17. The highest BCUT2D eigenvalue weighted by atomic mass is 16.5. The summed E-state index contributed by atoms with van der Waals surface area (Å²) in [7, 11) is 1.73. The highest BCUT2D eigenvalue weighted by Gasteiger charge is 2.42. The highest BCUT2D eigenvalue weighted by Crippen LogP contribution is 2.30. The first-order valence-corrected chi connectivity index (χ1v) is 7.18. The van der Waals surface area contributed by atoms with Crippen LogP contribution in [-0.2, 0) is 9.47 Å². The van der Waals surface area contributed by atoms with E-state index < -0.39 is 0 Å². The van der Waals surface area contributed by atoms with Crippen molar-refractivity contribution in [2.24, 2.45) is 0 Å². The molecular formula is C15H20N4O2. The van der Waals surface area contributed by atoms with E-state index in [9.17, 15) is 0 Å². The zero-order valence-corrected chi connectivity index (χ0v) is 12.3. The van der Waals surface area contributed by atoms with Crippen molar-refractivity contribution in [3.05, 3.63) is 36.9 Å². The maximum atomic E-state index is 5.65. The van der Waals surface area contributed by atoms with Crippen molar-refractivity contribution in [1.82, 2.24) is 14.8 Å². The van der Waals surface area contributed by atoms with Gasteiger partial charge in [0.25, 0.3) is 0 Å². The largest absolute Gasteiger partial charge is 0.379 e. The Morgan fingerprint density at radius 2 is 2.14 bits per heavy atom. The molecule has 1 heterocycles. The molecule has 2 aromatic rings. The molecule has 21 heavy (non-hydrogen) atoms. The van der Waals surface area contributed by atoms with Crippen LogP contribution in [0.15, 0.2) is 36.9 Å². The molecule has 0 spiro atoms. The smallest absolute Gasteiger partial charge is 0.123 e. The van der Waals surface area contributed by atoms with Gasteiger partial charge in [-0.1, -0.05) is 6.07 Å². The Morgan fingerprint density at radius 3 is 2.86 bits per heavy atom. The summed E-state index contributed by atoms with van der Waals surface area (Å²) in [5.74, 6) is 0. The molecule has 1 N–H and O–H groups in total. The number of nitrogens with zero attached hydrogens (tertiary/aromatic N) is 3. The minimum atomic E-state index is 0.100. The average molecular weight is 288 g/mol. The van der Waals surface area contributed by atoms with E-state index in [0.29, 0.717) is 0 Å². The lowest BCUT2D eigenvalue weighted by Gasteiger charge is -2.43. The molecule has 0 aliphatic heterocycles. The number of anilines is 1. The number of hydrogen-bond acceptors (Lipinski definition) is 5. The molecule has 0 radical (unpaired) electrons. The normalized spacial score (nSPS) is 24.6. The molecule has 6 nitrogen and oxygen atoms in total. The van der Waals surface area contributed by atoms with Crippen LogP contribution < -0.4 is 5.32 Å². The Bertz CT molecular complexity index is 573. The van der Waals surface area contributed by atoms with Crippen LogP contribution in [0.4, 0.5) is 5.69 Å². The molecule has 0 amide bonds. The van der Waals surface area contributed by atoms with Crippen LogP contribution in [0, 0.1) is 0 Å². The van der Waals surface area contributed by atoms with E-state index in [-0.39, 0.29) is 18.2 Å². The van der Waals surface area contributed by atoms with Crippen molar-refractivity contribution in [3.8, 4) is 5.69 Å². The standard InChI is InChI=1S/C15H20N4O2/c1-3-21-14-8-13(15(14)20-2)18-11-5-4-6-12(7-11)19-9-16-17-10-19/h4-7,9-10,13-15,18H,3,8H2,1-2H3. The van der Waals surface area contributed by atoms with Crippen LogP contribution >= 0.6 is 0 Å². The van der Waals surface area contributed by atoms with Crippen LogP contribution in [0.5, 0.6) is 0 Å². The maximum Gasteiger partial charge on any atom is 0.123 e. The van der Waals surface area contributed by atoms with E-state index in [4.69, 9.17) is 9.47 Å². The average Bonchev–Trinajstić information content (AvgIpc) is 3.01. The summed E-state index contributed by atoms with van der Waals surface area (Å²) >= 11 is 0. The van der Waals surface area contributed by atoms with Crippen LogP contribution in [0.25, 0.3) is 5.69 Å². The van der Waals surface area contributed by atoms with Gasteiger partial charge in [-0.3, -0.25) is 4.57 Å². The number of ether oxygens (including phenoxy) is 2. The van der Waals surface area contributed by atoms with Gasteiger partial charge < -0.3 is 14.8 Å². The summed E-state index contributed by atoms with van der Waals surface area (Å²) in [6.07, 6.45) is 4.63. The molecule has 6 heteroatoms. The number of hydrogen-bond donors (Lipinski definition) is 1. The van der Waals surface area contributed by atoms with Gasteiger partial charge in [0.15, 0.2) is 0 Å². The molecule has 112 valence electrons. The van der Waals surface area contributed by atoms with Crippen LogP contribution in [0.2, 0.25) is 0 Å². The monoisotopic (exact) mass is 288 g/mol. The number of benzene rings is 1. The molecule has 1 aromatic heterocycles. The minimum absolute atomic E-state index is 0.100. The van der Waals surface area contributed by atoms with Crippen molar-refractivity contribution in [1.29, 1.82) is 0 Å². The number of aromatic nitrogens is 3. The van der Waals surface area contributed by atoms with Crippen LogP contribution in [0.1, 0.15) is 13.3 Å². The first kappa shape index (κ1) is 14.0. The number of methoxy groups -OCH3 is 1. The fourth-order valence-electron chi connectivity index (χ4n) is 2.72. The van der Waals surface area contributed by atoms with Gasteiger partial charge in [0.2, 0.25) is 0 Å². The van der Waals surface area contributed by atoms with Gasteiger partial charge in [-0.2, -0.15) is 0 Å². The minimum Gasteiger partial charge on any atom is -0.379 e. The van der Waals surface area contributed by atoms with Gasteiger partial charge >= 0.3 is 0 Å². The summed E-state index contributed by atoms with van der Waals surface area (Å²) in [6, 6.07) is 8.44. The molecule has 1 aromatic carbocycles. The van der Waals surface area contributed by atoms with Gasteiger partial charge in [-0.05, 0) is 31.5 Å². The van der Waals surface area contributed by atoms with E-state index in [1.165, 1.54) is 0 Å². The van der Waals surface area contributed by atoms with Crippen LogP contribution in [-0.4, -0.2) is 46.7 Å². The van der Waals surface area contributed by atoms with Crippen LogP contribution in [0.3, 0.4) is 0 Å². The summed E-state index contributed by atoms with van der Waals surface area (Å²) in [6.45, 7) is 2.73. The van der Waals surface area contributed by atoms with Crippen molar-refractivity contribution in [3.63, 3.8) is 0 Å². The van der Waals surface area contributed by atoms with E-state index in [1.54, 1.807) is 19.8 Å². The lowest BCUT2D eigenvalue weighted by molar-refractivity contribution is -0.118. The first-order valence-electron chi connectivity index (χ1n) is 7.18. The SMILES string of the molecule is CCOC1CC(Nc2cccc(-n3cnnc3)c2)C1OC.